The highest BCUT2D eigenvalue weighted by atomic mass is 19.4. The number of carbonyl (C=O) groups is 3. The molecule has 2 aromatic rings. The van der Waals surface area contributed by atoms with Gasteiger partial charge < -0.3 is 10.6 Å². The summed E-state index contributed by atoms with van der Waals surface area (Å²) in [6.07, 6.45) is -0.917. The fraction of sp³-hybridized carbons (Fsp3) is 0.423. The SMILES string of the molecule is Cc1ccc(C(=O)N[C@@H]2CCCC[C@@H]2CC(=O)CNC(=O)c2cccc(C(F)(F)F)c2)c(C)c1. The molecule has 0 heterocycles. The van der Waals surface area contributed by atoms with E-state index in [0.29, 0.717) is 5.56 Å². The highest BCUT2D eigenvalue weighted by molar-refractivity contribution is 5.97. The fourth-order valence-corrected chi connectivity index (χ4v) is 4.44. The van der Waals surface area contributed by atoms with Crippen LogP contribution >= 0.6 is 0 Å². The Kier molecular flexibility index (Phi) is 8.12. The van der Waals surface area contributed by atoms with E-state index < -0.39 is 17.6 Å². The lowest BCUT2D eigenvalue weighted by Gasteiger charge is -2.32. The van der Waals surface area contributed by atoms with E-state index in [9.17, 15) is 27.6 Å². The molecule has 0 saturated heterocycles. The molecule has 5 nitrogen and oxygen atoms in total. The lowest BCUT2D eigenvalue weighted by atomic mass is 9.81. The number of carbonyl (C=O) groups excluding carboxylic acids is 3. The van der Waals surface area contributed by atoms with Gasteiger partial charge in [0.1, 0.15) is 0 Å². The van der Waals surface area contributed by atoms with Crippen molar-refractivity contribution in [2.24, 2.45) is 5.92 Å². The van der Waals surface area contributed by atoms with Crippen LogP contribution in [0.25, 0.3) is 0 Å². The van der Waals surface area contributed by atoms with Crippen molar-refractivity contribution in [2.45, 2.75) is 58.2 Å². The van der Waals surface area contributed by atoms with Gasteiger partial charge in [0.15, 0.2) is 5.78 Å². The molecule has 8 heteroatoms. The van der Waals surface area contributed by atoms with Gasteiger partial charge in [-0.25, -0.2) is 0 Å². The van der Waals surface area contributed by atoms with Gasteiger partial charge in [0.2, 0.25) is 0 Å². The van der Waals surface area contributed by atoms with Crippen molar-refractivity contribution < 1.29 is 27.6 Å². The van der Waals surface area contributed by atoms with Gasteiger partial charge >= 0.3 is 6.18 Å². The fourth-order valence-electron chi connectivity index (χ4n) is 4.44. The highest BCUT2D eigenvalue weighted by Crippen LogP contribution is 2.30. The van der Waals surface area contributed by atoms with Gasteiger partial charge in [-0.1, -0.05) is 36.6 Å². The zero-order valence-corrected chi connectivity index (χ0v) is 19.3. The quantitative estimate of drug-likeness (QED) is 0.593. The Morgan fingerprint density at radius 1 is 0.971 bits per heavy atom. The van der Waals surface area contributed by atoms with E-state index in [1.54, 1.807) is 6.07 Å². The molecule has 2 aromatic carbocycles. The lowest BCUT2D eigenvalue weighted by Crippen LogP contribution is -2.43. The van der Waals surface area contributed by atoms with Gasteiger partial charge in [-0.05, 0) is 62.4 Å². The zero-order chi connectivity index (χ0) is 24.9. The van der Waals surface area contributed by atoms with Crippen LogP contribution in [0, 0.1) is 19.8 Å². The number of amides is 2. The summed E-state index contributed by atoms with van der Waals surface area (Å²) in [5, 5.41) is 5.49. The molecule has 1 saturated carbocycles. The molecular weight excluding hydrogens is 445 g/mol. The Hall–Kier alpha value is -3.16. The Morgan fingerprint density at radius 2 is 1.71 bits per heavy atom. The number of aryl methyl sites for hydroxylation is 2. The normalized spacial score (nSPS) is 18.3. The van der Waals surface area contributed by atoms with Crippen LogP contribution in [0.1, 0.15) is 69.5 Å². The maximum Gasteiger partial charge on any atom is 0.416 e. The zero-order valence-electron chi connectivity index (χ0n) is 19.3. The van der Waals surface area contributed by atoms with Crippen LogP contribution < -0.4 is 10.6 Å². The van der Waals surface area contributed by atoms with Gasteiger partial charge in [0.05, 0.1) is 12.1 Å². The summed E-state index contributed by atoms with van der Waals surface area (Å²) >= 11 is 0. The Labute approximate surface area is 197 Å². The molecule has 0 spiro atoms. The summed E-state index contributed by atoms with van der Waals surface area (Å²) in [6.45, 7) is 3.57. The van der Waals surface area contributed by atoms with Crippen LogP contribution in [-0.2, 0) is 11.0 Å². The standard InChI is InChI=1S/C26H29F3N2O3/c1-16-10-11-22(17(2)12-16)25(34)31-23-9-4-3-6-18(23)14-21(32)15-30-24(33)19-7-5-8-20(13-19)26(27,28)29/h5,7-8,10-13,18,23H,3-4,6,9,14-15H2,1-2H3,(H,30,33)(H,31,34)/t18-,23-/m1/s1. The molecule has 182 valence electrons. The predicted octanol–water partition coefficient (Wildman–Crippen LogP) is 5.00. The molecule has 1 fully saturated rings. The number of ketones is 1. The van der Waals surface area contributed by atoms with Crippen molar-refractivity contribution in [3.8, 4) is 0 Å². The summed E-state index contributed by atoms with van der Waals surface area (Å²) in [7, 11) is 0. The summed E-state index contributed by atoms with van der Waals surface area (Å²) in [4.78, 5) is 37.6. The van der Waals surface area contributed by atoms with Crippen LogP contribution in [0.4, 0.5) is 13.2 Å². The summed E-state index contributed by atoms with van der Waals surface area (Å²) in [5.74, 6) is -1.18. The molecule has 1 aliphatic rings. The smallest absolute Gasteiger partial charge is 0.349 e. The number of alkyl halides is 3. The minimum absolute atomic E-state index is 0.0542. The first-order valence-corrected chi connectivity index (χ1v) is 11.4. The van der Waals surface area contributed by atoms with Gasteiger partial charge in [-0.3, -0.25) is 14.4 Å². The average molecular weight is 475 g/mol. The summed E-state index contributed by atoms with van der Waals surface area (Å²) in [5.41, 5.74) is 1.49. The first kappa shape index (κ1) is 25.5. The Balaban J connectivity index is 1.56. The van der Waals surface area contributed by atoms with E-state index >= 15 is 0 Å². The third-order valence-electron chi connectivity index (χ3n) is 6.24. The molecule has 1 aliphatic carbocycles. The number of hydrogen-bond acceptors (Lipinski definition) is 3. The van der Waals surface area contributed by atoms with Crippen molar-refractivity contribution in [1.29, 1.82) is 0 Å². The van der Waals surface area contributed by atoms with E-state index in [1.807, 2.05) is 26.0 Å². The topological polar surface area (TPSA) is 75.3 Å². The second kappa shape index (κ2) is 10.8. The molecule has 2 amide bonds. The average Bonchev–Trinajstić information content (AvgIpc) is 2.78. The van der Waals surface area contributed by atoms with Gasteiger partial charge in [-0.2, -0.15) is 13.2 Å². The largest absolute Gasteiger partial charge is 0.416 e. The number of rotatable bonds is 7. The monoisotopic (exact) mass is 474 g/mol. The van der Waals surface area contributed by atoms with Gasteiger partial charge in [0, 0.05) is 23.6 Å². The van der Waals surface area contributed by atoms with Crippen LogP contribution in [0.5, 0.6) is 0 Å². The number of nitrogens with one attached hydrogen (secondary N) is 2. The third-order valence-corrected chi connectivity index (χ3v) is 6.24. The van der Waals surface area contributed by atoms with Crippen molar-refractivity contribution >= 4 is 17.6 Å². The molecule has 0 aromatic heterocycles. The maximum absolute atomic E-state index is 12.9. The molecule has 0 unspecified atom stereocenters. The minimum atomic E-state index is -4.55. The van der Waals surface area contributed by atoms with Crippen LogP contribution in [-0.4, -0.2) is 30.2 Å². The minimum Gasteiger partial charge on any atom is -0.349 e. The highest BCUT2D eigenvalue weighted by Gasteiger charge is 2.31. The van der Waals surface area contributed by atoms with Gasteiger partial charge in [-0.15, -0.1) is 0 Å². The molecule has 3 rings (SSSR count). The second-order valence-corrected chi connectivity index (χ2v) is 8.95. The predicted molar refractivity (Wildman–Crippen MR) is 123 cm³/mol. The first-order valence-electron chi connectivity index (χ1n) is 11.4. The maximum atomic E-state index is 12.9. The van der Waals surface area contributed by atoms with Crippen LogP contribution in [0.3, 0.4) is 0 Å². The van der Waals surface area contributed by atoms with Crippen molar-refractivity contribution in [2.75, 3.05) is 6.54 Å². The molecule has 0 radical (unpaired) electrons. The molecule has 2 atom stereocenters. The van der Waals surface area contributed by atoms with E-state index in [0.717, 1.165) is 55.0 Å². The van der Waals surface area contributed by atoms with Crippen LogP contribution in [0.2, 0.25) is 0 Å². The number of Topliss-reactive ketones (excluding diaryl/α,β-unsaturated/α-hetero) is 1. The Bertz CT molecular complexity index is 1070. The molecule has 2 N–H and O–H groups in total. The van der Waals surface area contributed by atoms with Crippen LogP contribution in [0.15, 0.2) is 42.5 Å². The van der Waals surface area contributed by atoms with E-state index in [2.05, 4.69) is 10.6 Å². The Morgan fingerprint density at radius 3 is 2.41 bits per heavy atom. The van der Waals surface area contributed by atoms with Crippen molar-refractivity contribution in [1.82, 2.24) is 10.6 Å². The van der Waals surface area contributed by atoms with Crippen molar-refractivity contribution in [3.63, 3.8) is 0 Å². The lowest BCUT2D eigenvalue weighted by molar-refractivity contribution is -0.137. The van der Waals surface area contributed by atoms with E-state index in [1.165, 1.54) is 6.07 Å². The van der Waals surface area contributed by atoms with Gasteiger partial charge in [0.25, 0.3) is 11.8 Å². The second-order valence-electron chi connectivity index (χ2n) is 8.95. The van der Waals surface area contributed by atoms with E-state index in [4.69, 9.17) is 0 Å². The van der Waals surface area contributed by atoms with Crippen molar-refractivity contribution in [3.05, 3.63) is 70.3 Å². The molecule has 34 heavy (non-hydrogen) atoms. The summed E-state index contributed by atoms with van der Waals surface area (Å²) in [6, 6.07) is 9.56. The number of halogens is 3. The molecule has 0 aliphatic heterocycles. The molecule has 0 bridgehead atoms. The first-order chi connectivity index (χ1) is 16.0. The summed E-state index contributed by atoms with van der Waals surface area (Å²) < 4.78 is 38.6. The van der Waals surface area contributed by atoms with E-state index in [-0.39, 0.29) is 42.2 Å². The number of hydrogen-bond donors (Lipinski definition) is 2. The number of benzene rings is 2. The molecular formula is C26H29F3N2O3. The third kappa shape index (κ3) is 6.68.